The van der Waals surface area contributed by atoms with E-state index in [1.165, 1.54) is 0 Å². The van der Waals surface area contributed by atoms with Crippen LogP contribution in [0.25, 0.3) is 23.4 Å². The molecule has 0 saturated carbocycles. The van der Waals surface area contributed by atoms with Crippen molar-refractivity contribution in [2.75, 3.05) is 5.32 Å². The molecule has 0 aliphatic rings. The molecule has 2 N–H and O–H groups in total. The van der Waals surface area contributed by atoms with Gasteiger partial charge in [-0.15, -0.1) is 0 Å². The molecule has 1 atom stereocenters. The van der Waals surface area contributed by atoms with Gasteiger partial charge in [-0.1, -0.05) is 74.5 Å². The fraction of sp³-hybridized carbons (Fsp3) is 0.208. The molecule has 1 aromatic heterocycles. The summed E-state index contributed by atoms with van der Waals surface area (Å²) < 4.78 is 0. The Labute approximate surface area is 171 Å². The Morgan fingerprint density at radius 1 is 1.10 bits per heavy atom. The standard InChI is InChI=1S/C24H25N3O2/c1-3-17(2)24(29)27-23-21(14-11-18-7-5-4-6-8-18)26-22(15-25-23)20-12-9-19(16-28)10-13-20/h4-15,17,28H,3,16H2,1-2H3,(H,25,27,29). The van der Waals surface area contributed by atoms with Crippen LogP contribution >= 0.6 is 0 Å². The molecule has 0 aliphatic heterocycles. The SMILES string of the molecule is CCC(C)C(=O)Nc1ncc(-c2ccc(CO)cc2)nc1C=Cc1ccccc1. The summed E-state index contributed by atoms with van der Waals surface area (Å²) in [6.45, 7) is 3.86. The monoisotopic (exact) mass is 387 g/mol. The van der Waals surface area contributed by atoms with E-state index in [2.05, 4.69) is 10.3 Å². The van der Waals surface area contributed by atoms with Crippen LogP contribution in [0, 0.1) is 5.92 Å². The van der Waals surface area contributed by atoms with E-state index in [1.807, 2.05) is 80.6 Å². The zero-order chi connectivity index (χ0) is 20.6. The maximum atomic E-state index is 12.4. The Balaban J connectivity index is 1.96. The van der Waals surface area contributed by atoms with Gasteiger partial charge >= 0.3 is 0 Å². The molecular formula is C24H25N3O2. The number of hydrogen-bond acceptors (Lipinski definition) is 4. The van der Waals surface area contributed by atoms with Crippen molar-refractivity contribution in [2.24, 2.45) is 5.92 Å². The number of hydrogen-bond donors (Lipinski definition) is 2. The maximum absolute atomic E-state index is 12.4. The van der Waals surface area contributed by atoms with Gasteiger partial charge in [0.25, 0.3) is 0 Å². The van der Waals surface area contributed by atoms with Crippen molar-refractivity contribution in [1.82, 2.24) is 9.97 Å². The van der Waals surface area contributed by atoms with E-state index in [4.69, 9.17) is 4.98 Å². The highest BCUT2D eigenvalue weighted by atomic mass is 16.3. The van der Waals surface area contributed by atoms with Gasteiger partial charge in [-0.3, -0.25) is 4.79 Å². The van der Waals surface area contributed by atoms with Gasteiger partial charge in [0, 0.05) is 11.5 Å². The number of nitrogens with zero attached hydrogens (tertiary/aromatic N) is 2. The maximum Gasteiger partial charge on any atom is 0.228 e. The molecule has 1 amide bonds. The minimum atomic E-state index is -0.103. The average molecular weight is 387 g/mol. The summed E-state index contributed by atoms with van der Waals surface area (Å²) in [6, 6.07) is 17.4. The zero-order valence-corrected chi connectivity index (χ0v) is 16.7. The van der Waals surface area contributed by atoms with Crippen molar-refractivity contribution in [3.8, 4) is 11.3 Å². The number of amides is 1. The zero-order valence-electron chi connectivity index (χ0n) is 16.7. The van der Waals surface area contributed by atoms with Crippen molar-refractivity contribution in [3.05, 3.63) is 77.6 Å². The van der Waals surface area contributed by atoms with E-state index in [9.17, 15) is 9.90 Å². The number of rotatable bonds is 7. The second-order valence-corrected chi connectivity index (χ2v) is 6.89. The van der Waals surface area contributed by atoms with E-state index in [0.717, 1.165) is 23.1 Å². The molecular weight excluding hydrogens is 362 g/mol. The number of aromatic nitrogens is 2. The van der Waals surface area contributed by atoms with Crippen molar-refractivity contribution in [2.45, 2.75) is 26.9 Å². The fourth-order valence-corrected chi connectivity index (χ4v) is 2.70. The van der Waals surface area contributed by atoms with Gasteiger partial charge in [0.15, 0.2) is 5.82 Å². The number of aliphatic hydroxyl groups is 1. The molecule has 0 bridgehead atoms. The Morgan fingerprint density at radius 2 is 1.83 bits per heavy atom. The molecule has 0 aliphatic carbocycles. The topological polar surface area (TPSA) is 75.1 Å². The second kappa shape index (κ2) is 9.75. The van der Waals surface area contributed by atoms with Crippen LogP contribution in [0.15, 0.2) is 60.8 Å². The molecule has 1 unspecified atom stereocenters. The lowest BCUT2D eigenvalue weighted by Crippen LogP contribution is -2.21. The van der Waals surface area contributed by atoms with Crippen molar-refractivity contribution < 1.29 is 9.90 Å². The lowest BCUT2D eigenvalue weighted by atomic mass is 10.1. The van der Waals surface area contributed by atoms with Crippen molar-refractivity contribution >= 4 is 23.9 Å². The number of carbonyl (C=O) groups excluding carboxylic acids is 1. The predicted octanol–water partition coefficient (Wildman–Crippen LogP) is 4.79. The molecule has 1 heterocycles. The van der Waals surface area contributed by atoms with E-state index < -0.39 is 0 Å². The minimum absolute atomic E-state index is 0.00238. The summed E-state index contributed by atoms with van der Waals surface area (Å²) in [4.78, 5) is 21.6. The molecule has 5 nitrogen and oxygen atoms in total. The number of nitrogens with one attached hydrogen (secondary N) is 1. The van der Waals surface area contributed by atoms with Crippen molar-refractivity contribution in [3.63, 3.8) is 0 Å². The summed E-state index contributed by atoms with van der Waals surface area (Å²) in [7, 11) is 0. The summed E-state index contributed by atoms with van der Waals surface area (Å²) >= 11 is 0. The molecule has 2 aromatic carbocycles. The first kappa shape index (κ1) is 20.4. The van der Waals surface area contributed by atoms with Crippen LogP contribution in [0.5, 0.6) is 0 Å². The minimum Gasteiger partial charge on any atom is -0.392 e. The molecule has 0 saturated heterocycles. The third-order valence-electron chi connectivity index (χ3n) is 4.77. The van der Waals surface area contributed by atoms with Gasteiger partial charge in [0.05, 0.1) is 18.5 Å². The lowest BCUT2D eigenvalue weighted by Gasteiger charge is -2.12. The van der Waals surface area contributed by atoms with Gasteiger partial charge in [-0.05, 0) is 23.6 Å². The summed E-state index contributed by atoms with van der Waals surface area (Å²) in [6.07, 6.45) is 6.21. The third kappa shape index (κ3) is 5.36. The molecule has 3 aromatic rings. The van der Waals surface area contributed by atoms with Gasteiger partial charge in [0.1, 0.15) is 5.69 Å². The fourth-order valence-electron chi connectivity index (χ4n) is 2.70. The third-order valence-corrected chi connectivity index (χ3v) is 4.77. The summed E-state index contributed by atoms with van der Waals surface area (Å²) in [5.41, 5.74) is 4.05. The molecule has 0 fully saturated rings. The van der Waals surface area contributed by atoms with Crippen LogP contribution in [0.4, 0.5) is 5.82 Å². The summed E-state index contributed by atoms with van der Waals surface area (Å²) in [5, 5.41) is 12.1. The van der Waals surface area contributed by atoms with Gasteiger partial charge in [-0.25, -0.2) is 9.97 Å². The van der Waals surface area contributed by atoms with E-state index in [0.29, 0.717) is 17.2 Å². The predicted molar refractivity (Wildman–Crippen MR) is 117 cm³/mol. The molecule has 29 heavy (non-hydrogen) atoms. The smallest absolute Gasteiger partial charge is 0.228 e. The Morgan fingerprint density at radius 3 is 2.48 bits per heavy atom. The van der Waals surface area contributed by atoms with E-state index in [1.54, 1.807) is 6.20 Å². The molecule has 0 spiro atoms. The number of aliphatic hydroxyl groups excluding tert-OH is 1. The van der Waals surface area contributed by atoms with Gasteiger partial charge < -0.3 is 10.4 Å². The second-order valence-electron chi connectivity index (χ2n) is 6.89. The Kier molecular flexibility index (Phi) is 6.87. The van der Waals surface area contributed by atoms with Crippen molar-refractivity contribution in [1.29, 1.82) is 0 Å². The largest absolute Gasteiger partial charge is 0.392 e. The average Bonchev–Trinajstić information content (AvgIpc) is 2.78. The van der Waals surface area contributed by atoms with Crippen LogP contribution in [-0.4, -0.2) is 21.0 Å². The first-order valence-electron chi connectivity index (χ1n) is 9.72. The van der Waals surface area contributed by atoms with E-state index in [-0.39, 0.29) is 18.4 Å². The number of carbonyl (C=O) groups is 1. The number of anilines is 1. The highest BCUT2D eigenvalue weighted by molar-refractivity contribution is 5.93. The highest BCUT2D eigenvalue weighted by Crippen LogP contribution is 2.22. The Hall–Kier alpha value is -3.31. The molecule has 3 rings (SSSR count). The lowest BCUT2D eigenvalue weighted by molar-refractivity contribution is -0.119. The van der Waals surface area contributed by atoms with Crippen LogP contribution in [0.2, 0.25) is 0 Å². The van der Waals surface area contributed by atoms with Crippen LogP contribution in [0.1, 0.15) is 37.1 Å². The van der Waals surface area contributed by atoms with Gasteiger partial charge in [-0.2, -0.15) is 0 Å². The first-order valence-corrected chi connectivity index (χ1v) is 9.72. The molecule has 148 valence electrons. The van der Waals surface area contributed by atoms with Crippen LogP contribution < -0.4 is 5.32 Å². The molecule has 5 heteroatoms. The van der Waals surface area contributed by atoms with E-state index >= 15 is 0 Å². The number of benzene rings is 2. The first-order chi connectivity index (χ1) is 14.1. The van der Waals surface area contributed by atoms with Crippen LogP contribution in [-0.2, 0) is 11.4 Å². The highest BCUT2D eigenvalue weighted by Gasteiger charge is 2.14. The Bertz CT molecular complexity index is 983. The summed E-state index contributed by atoms with van der Waals surface area (Å²) in [5.74, 6) is 0.267. The van der Waals surface area contributed by atoms with Gasteiger partial charge in [0.2, 0.25) is 5.91 Å². The molecule has 0 radical (unpaired) electrons. The van der Waals surface area contributed by atoms with Crippen LogP contribution in [0.3, 0.4) is 0 Å². The quantitative estimate of drug-likeness (QED) is 0.611. The normalized spacial score (nSPS) is 12.1.